The summed E-state index contributed by atoms with van der Waals surface area (Å²) in [5, 5.41) is 15.1. The highest BCUT2D eigenvalue weighted by molar-refractivity contribution is 6.45. The Labute approximate surface area is 119 Å². The topological polar surface area (TPSA) is 90.4 Å². The highest BCUT2D eigenvalue weighted by atomic mass is 19.1. The second-order valence-corrected chi connectivity index (χ2v) is 3.95. The minimum Gasteiger partial charge on any atom is -0.467 e. The van der Waals surface area contributed by atoms with Crippen molar-refractivity contribution in [3.63, 3.8) is 0 Å². The van der Waals surface area contributed by atoms with Gasteiger partial charge in [-0.05, 0) is 36.4 Å². The fourth-order valence-corrected chi connectivity index (χ4v) is 1.44. The Bertz CT molecular complexity index is 672. The van der Waals surface area contributed by atoms with Gasteiger partial charge in [0.25, 0.3) is 5.91 Å². The molecule has 0 saturated carbocycles. The van der Waals surface area contributed by atoms with Crippen LogP contribution in [0.25, 0.3) is 0 Å². The summed E-state index contributed by atoms with van der Waals surface area (Å²) in [4.78, 5) is 11.7. The molecule has 0 aliphatic rings. The second-order valence-electron chi connectivity index (χ2n) is 3.95. The first kappa shape index (κ1) is 14.3. The zero-order valence-electron chi connectivity index (χ0n) is 10.8. The van der Waals surface area contributed by atoms with Crippen LogP contribution in [-0.2, 0) is 11.3 Å². The van der Waals surface area contributed by atoms with Crippen LogP contribution in [0.1, 0.15) is 5.76 Å². The first-order chi connectivity index (χ1) is 10.2. The minimum absolute atomic E-state index is 0.156. The number of furan rings is 1. The van der Waals surface area contributed by atoms with Crippen LogP contribution in [0.3, 0.4) is 0 Å². The lowest BCUT2D eigenvalue weighted by atomic mass is 10.3. The normalized spacial score (nSPS) is 10.8. The number of nitriles is 1. The number of carbonyl (C=O) groups is 1. The molecule has 7 heteroatoms. The first-order valence-electron chi connectivity index (χ1n) is 5.99. The molecule has 0 spiro atoms. The predicted octanol–water partition coefficient (Wildman–Crippen LogP) is 2.03. The van der Waals surface area contributed by atoms with Crippen molar-refractivity contribution in [3.05, 3.63) is 54.2 Å². The van der Waals surface area contributed by atoms with E-state index in [1.165, 1.54) is 30.5 Å². The van der Waals surface area contributed by atoms with Crippen molar-refractivity contribution in [1.82, 2.24) is 5.32 Å². The molecule has 2 N–H and O–H groups in total. The Balaban J connectivity index is 1.94. The Kier molecular flexibility index (Phi) is 4.66. The number of nitrogens with one attached hydrogen (secondary N) is 2. The predicted molar refractivity (Wildman–Crippen MR) is 73.6 cm³/mol. The summed E-state index contributed by atoms with van der Waals surface area (Å²) in [5.41, 5.74) is 2.63. The molecule has 106 valence electrons. The van der Waals surface area contributed by atoms with Crippen LogP contribution in [0.4, 0.5) is 10.1 Å². The van der Waals surface area contributed by atoms with Crippen molar-refractivity contribution >= 4 is 17.3 Å². The van der Waals surface area contributed by atoms with E-state index < -0.39 is 5.91 Å². The van der Waals surface area contributed by atoms with Crippen LogP contribution in [0.2, 0.25) is 0 Å². The number of amides is 1. The van der Waals surface area contributed by atoms with E-state index >= 15 is 0 Å². The summed E-state index contributed by atoms with van der Waals surface area (Å²) in [6.07, 6.45) is 1.48. The number of halogens is 1. The summed E-state index contributed by atoms with van der Waals surface area (Å²) in [6, 6.07) is 10.4. The van der Waals surface area contributed by atoms with Crippen LogP contribution >= 0.6 is 0 Å². The number of hydrogen-bond donors (Lipinski definition) is 2. The van der Waals surface area contributed by atoms with Gasteiger partial charge in [-0.25, -0.2) is 4.39 Å². The molecule has 1 heterocycles. The van der Waals surface area contributed by atoms with E-state index in [4.69, 9.17) is 9.68 Å². The zero-order chi connectivity index (χ0) is 15.1. The average Bonchev–Trinajstić information content (AvgIpc) is 3.01. The fourth-order valence-electron chi connectivity index (χ4n) is 1.44. The number of benzene rings is 1. The highest BCUT2D eigenvalue weighted by Crippen LogP contribution is 2.07. The molecule has 0 unspecified atom stereocenters. The van der Waals surface area contributed by atoms with E-state index in [1.807, 2.05) is 0 Å². The summed E-state index contributed by atoms with van der Waals surface area (Å²) in [7, 11) is 0. The molecule has 0 bridgehead atoms. The molecule has 6 nitrogen and oxygen atoms in total. The Morgan fingerprint density at radius 1 is 1.33 bits per heavy atom. The lowest BCUT2D eigenvalue weighted by molar-refractivity contribution is -0.114. The van der Waals surface area contributed by atoms with Crippen LogP contribution in [0, 0.1) is 17.1 Å². The highest BCUT2D eigenvalue weighted by Gasteiger charge is 2.11. The van der Waals surface area contributed by atoms with Gasteiger partial charge in [0.15, 0.2) is 0 Å². The first-order valence-corrected chi connectivity index (χ1v) is 5.99. The van der Waals surface area contributed by atoms with Gasteiger partial charge < -0.3 is 9.73 Å². The second kappa shape index (κ2) is 6.86. The molecule has 1 aromatic heterocycles. The number of hydrogen-bond acceptors (Lipinski definition) is 5. The smallest absolute Gasteiger partial charge is 0.283 e. The van der Waals surface area contributed by atoms with Crippen molar-refractivity contribution in [3.8, 4) is 6.07 Å². The Morgan fingerprint density at radius 3 is 2.71 bits per heavy atom. The van der Waals surface area contributed by atoms with Crippen molar-refractivity contribution in [2.45, 2.75) is 6.54 Å². The maximum Gasteiger partial charge on any atom is 0.283 e. The Morgan fingerprint density at radius 2 is 2.10 bits per heavy atom. The number of anilines is 1. The van der Waals surface area contributed by atoms with E-state index in [9.17, 15) is 9.18 Å². The summed E-state index contributed by atoms with van der Waals surface area (Å²) >= 11 is 0. The number of nitrogens with zero attached hydrogens (tertiary/aromatic N) is 2. The van der Waals surface area contributed by atoms with Gasteiger partial charge in [-0.1, -0.05) is 0 Å². The monoisotopic (exact) mass is 286 g/mol. The van der Waals surface area contributed by atoms with Gasteiger partial charge >= 0.3 is 0 Å². The Hall–Kier alpha value is -3.14. The van der Waals surface area contributed by atoms with Crippen LogP contribution in [0.15, 0.2) is 52.2 Å². The third-order valence-corrected chi connectivity index (χ3v) is 2.47. The molecule has 0 fully saturated rings. The van der Waals surface area contributed by atoms with Gasteiger partial charge in [0.05, 0.1) is 18.5 Å². The van der Waals surface area contributed by atoms with Crippen LogP contribution < -0.4 is 10.7 Å². The van der Waals surface area contributed by atoms with Gasteiger partial charge in [-0.15, -0.1) is 0 Å². The van der Waals surface area contributed by atoms with Gasteiger partial charge in [-0.3, -0.25) is 10.2 Å². The molecule has 0 aliphatic heterocycles. The minimum atomic E-state index is -0.636. The molecule has 21 heavy (non-hydrogen) atoms. The van der Waals surface area contributed by atoms with E-state index in [0.29, 0.717) is 11.4 Å². The van der Waals surface area contributed by atoms with Crippen molar-refractivity contribution in [1.29, 1.82) is 5.26 Å². The summed E-state index contributed by atoms with van der Waals surface area (Å²) in [5.74, 6) is -0.461. The molecule has 0 atom stereocenters. The number of hydrazone groups is 1. The van der Waals surface area contributed by atoms with Gasteiger partial charge in [0.2, 0.25) is 5.71 Å². The molecular weight excluding hydrogens is 275 g/mol. The van der Waals surface area contributed by atoms with Gasteiger partial charge in [0, 0.05) is 0 Å². The lowest BCUT2D eigenvalue weighted by Crippen LogP contribution is -2.30. The molecule has 0 aliphatic carbocycles. The van der Waals surface area contributed by atoms with Crippen LogP contribution in [-0.4, -0.2) is 11.6 Å². The molecule has 2 aromatic rings. The zero-order valence-corrected chi connectivity index (χ0v) is 10.8. The molecule has 0 saturated heterocycles. The molecule has 2 rings (SSSR count). The molecule has 1 aromatic carbocycles. The third-order valence-electron chi connectivity index (χ3n) is 2.47. The largest absolute Gasteiger partial charge is 0.467 e. The van der Waals surface area contributed by atoms with E-state index in [1.54, 1.807) is 18.2 Å². The summed E-state index contributed by atoms with van der Waals surface area (Å²) < 4.78 is 17.8. The lowest BCUT2D eigenvalue weighted by Gasteiger charge is -2.03. The van der Waals surface area contributed by atoms with E-state index in [2.05, 4.69) is 15.8 Å². The average molecular weight is 286 g/mol. The number of rotatable bonds is 5. The SMILES string of the molecule is N#C/C(=N\Nc1ccc(F)cc1)C(=O)NCc1ccco1. The number of carbonyl (C=O) groups excluding carboxylic acids is 1. The van der Waals surface area contributed by atoms with Crippen molar-refractivity contribution < 1.29 is 13.6 Å². The van der Waals surface area contributed by atoms with Crippen LogP contribution in [0.5, 0.6) is 0 Å². The molecule has 1 amide bonds. The third kappa shape index (κ3) is 4.18. The maximum absolute atomic E-state index is 12.7. The quantitative estimate of drug-likeness (QED) is 0.650. The molecular formula is C14H11FN4O2. The summed E-state index contributed by atoms with van der Waals surface area (Å²) in [6.45, 7) is 0.156. The van der Waals surface area contributed by atoms with Gasteiger partial charge in [-0.2, -0.15) is 10.4 Å². The van der Waals surface area contributed by atoms with E-state index in [-0.39, 0.29) is 18.1 Å². The van der Waals surface area contributed by atoms with Crippen molar-refractivity contribution in [2.24, 2.45) is 5.10 Å². The van der Waals surface area contributed by atoms with Crippen molar-refractivity contribution in [2.75, 3.05) is 5.43 Å². The standard InChI is InChI=1S/C14H11FN4O2/c15-10-3-5-11(6-4-10)18-19-13(8-16)14(20)17-9-12-2-1-7-21-12/h1-7,18H,9H2,(H,17,20)/b19-13+. The fraction of sp³-hybridized carbons (Fsp3) is 0.0714. The maximum atomic E-state index is 12.7. The van der Waals surface area contributed by atoms with E-state index in [0.717, 1.165) is 0 Å². The molecule has 0 radical (unpaired) electrons. The van der Waals surface area contributed by atoms with Gasteiger partial charge in [0.1, 0.15) is 17.6 Å².